The SMILES string of the molecule is CCOc1cc(N2CCCCC2CC(=O)O)nc(C)n1. The van der Waals surface area contributed by atoms with E-state index in [0.717, 1.165) is 31.6 Å². The third-order valence-corrected chi connectivity index (χ3v) is 3.42. The van der Waals surface area contributed by atoms with Gasteiger partial charge in [0.2, 0.25) is 5.88 Å². The summed E-state index contributed by atoms with van der Waals surface area (Å²) >= 11 is 0. The molecule has 110 valence electrons. The summed E-state index contributed by atoms with van der Waals surface area (Å²) in [4.78, 5) is 21.7. The lowest BCUT2D eigenvalue weighted by Crippen LogP contribution is -2.41. The predicted octanol–water partition coefficient (Wildman–Crippen LogP) is 2.02. The standard InChI is InChI=1S/C14H21N3O3/c1-3-20-13-9-12(15-10(2)16-13)17-7-5-4-6-11(17)8-14(18)19/h9,11H,3-8H2,1-2H3,(H,18,19). The molecule has 2 heterocycles. The third-order valence-electron chi connectivity index (χ3n) is 3.42. The Balaban J connectivity index is 2.24. The number of hydrogen-bond donors (Lipinski definition) is 1. The highest BCUT2D eigenvalue weighted by Crippen LogP contribution is 2.27. The molecule has 0 aliphatic carbocycles. The highest BCUT2D eigenvalue weighted by Gasteiger charge is 2.26. The van der Waals surface area contributed by atoms with Crippen molar-refractivity contribution in [3.63, 3.8) is 0 Å². The summed E-state index contributed by atoms with van der Waals surface area (Å²) in [6.45, 7) is 5.11. The fourth-order valence-corrected chi connectivity index (χ4v) is 2.61. The van der Waals surface area contributed by atoms with Crippen molar-refractivity contribution in [3.8, 4) is 5.88 Å². The molecule has 0 saturated carbocycles. The van der Waals surface area contributed by atoms with Gasteiger partial charge < -0.3 is 14.7 Å². The van der Waals surface area contributed by atoms with Crippen LogP contribution in [0.25, 0.3) is 0 Å². The van der Waals surface area contributed by atoms with Crippen LogP contribution >= 0.6 is 0 Å². The second-order valence-corrected chi connectivity index (χ2v) is 4.99. The van der Waals surface area contributed by atoms with Crippen molar-refractivity contribution in [2.45, 2.75) is 45.6 Å². The van der Waals surface area contributed by atoms with Crippen LogP contribution in [0, 0.1) is 6.92 Å². The van der Waals surface area contributed by atoms with Gasteiger partial charge in [-0.1, -0.05) is 0 Å². The monoisotopic (exact) mass is 279 g/mol. The first-order valence-electron chi connectivity index (χ1n) is 7.07. The van der Waals surface area contributed by atoms with Crippen LogP contribution in [0.15, 0.2) is 6.07 Å². The van der Waals surface area contributed by atoms with E-state index in [1.807, 2.05) is 13.8 Å². The van der Waals surface area contributed by atoms with Crippen LogP contribution in [0.1, 0.15) is 38.4 Å². The van der Waals surface area contributed by atoms with E-state index in [1.54, 1.807) is 6.07 Å². The number of nitrogens with zero attached hydrogens (tertiary/aromatic N) is 3. The summed E-state index contributed by atoms with van der Waals surface area (Å²) in [6.07, 6.45) is 3.16. The van der Waals surface area contributed by atoms with Gasteiger partial charge in [0.15, 0.2) is 0 Å². The average molecular weight is 279 g/mol. The normalized spacial score (nSPS) is 18.9. The number of carboxylic acid groups (broad SMARTS) is 1. The number of aromatic nitrogens is 2. The highest BCUT2D eigenvalue weighted by molar-refractivity contribution is 5.68. The zero-order chi connectivity index (χ0) is 14.5. The number of piperidine rings is 1. The first-order valence-corrected chi connectivity index (χ1v) is 7.07. The average Bonchev–Trinajstić information content (AvgIpc) is 2.38. The van der Waals surface area contributed by atoms with E-state index < -0.39 is 5.97 Å². The van der Waals surface area contributed by atoms with E-state index in [9.17, 15) is 4.79 Å². The van der Waals surface area contributed by atoms with Crippen molar-refractivity contribution in [3.05, 3.63) is 11.9 Å². The zero-order valence-electron chi connectivity index (χ0n) is 12.0. The van der Waals surface area contributed by atoms with Crippen LogP contribution in [0.3, 0.4) is 0 Å². The molecule has 1 aliphatic heterocycles. The quantitative estimate of drug-likeness (QED) is 0.888. The highest BCUT2D eigenvalue weighted by atomic mass is 16.5. The molecule has 6 nitrogen and oxygen atoms in total. The van der Waals surface area contributed by atoms with Crippen molar-refractivity contribution in [1.29, 1.82) is 0 Å². The molecule has 20 heavy (non-hydrogen) atoms. The van der Waals surface area contributed by atoms with Crippen LogP contribution < -0.4 is 9.64 Å². The summed E-state index contributed by atoms with van der Waals surface area (Å²) in [5.41, 5.74) is 0. The minimum absolute atomic E-state index is 0.00465. The number of carbonyl (C=O) groups is 1. The molecular formula is C14H21N3O3. The molecule has 0 spiro atoms. The summed E-state index contributed by atoms with van der Waals surface area (Å²) in [5, 5.41) is 9.04. The molecule has 0 radical (unpaired) electrons. The fourth-order valence-electron chi connectivity index (χ4n) is 2.61. The van der Waals surface area contributed by atoms with Gasteiger partial charge in [0.25, 0.3) is 0 Å². The molecule has 1 aliphatic rings. The number of hydrogen-bond acceptors (Lipinski definition) is 5. The lowest BCUT2D eigenvalue weighted by Gasteiger charge is -2.36. The van der Waals surface area contributed by atoms with Crippen LogP contribution in [0.5, 0.6) is 5.88 Å². The maximum atomic E-state index is 11.0. The summed E-state index contributed by atoms with van der Waals surface area (Å²) < 4.78 is 5.44. The van der Waals surface area contributed by atoms with Gasteiger partial charge in [0, 0.05) is 18.7 Å². The predicted molar refractivity (Wildman–Crippen MR) is 75.2 cm³/mol. The molecular weight excluding hydrogens is 258 g/mol. The van der Waals surface area contributed by atoms with Crippen LogP contribution in [-0.4, -0.2) is 40.2 Å². The van der Waals surface area contributed by atoms with Gasteiger partial charge in [-0.3, -0.25) is 4.79 Å². The van der Waals surface area contributed by atoms with Gasteiger partial charge >= 0.3 is 5.97 Å². The Labute approximate surface area is 118 Å². The largest absolute Gasteiger partial charge is 0.481 e. The van der Waals surface area contributed by atoms with Crippen LogP contribution in [-0.2, 0) is 4.79 Å². The Hall–Kier alpha value is -1.85. The summed E-state index contributed by atoms with van der Waals surface area (Å²) in [6, 6.07) is 1.81. The van der Waals surface area contributed by atoms with E-state index in [4.69, 9.17) is 9.84 Å². The van der Waals surface area contributed by atoms with E-state index in [2.05, 4.69) is 14.9 Å². The topological polar surface area (TPSA) is 75.5 Å². The van der Waals surface area contributed by atoms with Crippen molar-refractivity contribution >= 4 is 11.8 Å². The first kappa shape index (κ1) is 14.6. The molecule has 1 N–H and O–H groups in total. The Morgan fingerprint density at radius 3 is 3.00 bits per heavy atom. The van der Waals surface area contributed by atoms with E-state index >= 15 is 0 Å². The summed E-state index contributed by atoms with van der Waals surface area (Å²) in [7, 11) is 0. The second kappa shape index (κ2) is 6.54. The van der Waals surface area contributed by atoms with Gasteiger partial charge in [0.1, 0.15) is 11.6 Å². The van der Waals surface area contributed by atoms with Crippen molar-refractivity contribution in [2.24, 2.45) is 0 Å². The van der Waals surface area contributed by atoms with Gasteiger partial charge in [0.05, 0.1) is 13.0 Å². The Kier molecular flexibility index (Phi) is 4.76. The lowest BCUT2D eigenvalue weighted by molar-refractivity contribution is -0.137. The summed E-state index contributed by atoms with van der Waals surface area (Å²) in [5.74, 6) is 1.20. The van der Waals surface area contributed by atoms with E-state index in [0.29, 0.717) is 18.3 Å². The molecule has 1 aromatic heterocycles. The van der Waals surface area contributed by atoms with Gasteiger partial charge in [-0.05, 0) is 33.1 Å². The van der Waals surface area contributed by atoms with Crippen molar-refractivity contribution in [2.75, 3.05) is 18.1 Å². The molecule has 1 unspecified atom stereocenters. The molecule has 0 aromatic carbocycles. The van der Waals surface area contributed by atoms with Crippen molar-refractivity contribution in [1.82, 2.24) is 9.97 Å². The van der Waals surface area contributed by atoms with Gasteiger partial charge in [-0.15, -0.1) is 0 Å². The van der Waals surface area contributed by atoms with Crippen molar-refractivity contribution < 1.29 is 14.6 Å². The lowest BCUT2D eigenvalue weighted by atomic mass is 9.99. The molecule has 0 bridgehead atoms. The number of aliphatic carboxylic acids is 1. The van der Waals surface area contributed by atoms with Gasteiger partial charge in [-0.25, -0.2) is 4.98 Å². The molecule has 1 atom stereocenters. The maximum absolute atomic E-state index is 11.0. The fraction of sp³-hybridized carbons (Fsp3) is 0.643. The number of aryl methyl sites for hydroxylation is 1. The van der Waals surface area contributed by atoms with Gasteiger partial charge in [-0.2, -0.15) is 4.98 Å². The molecule has 1 saturated heterocycles. The van der Waals surface area contributed by atoms with E-state index in [1.165, 1.54) is 0 Å². The Morgan fingerprint density at radius 2 is 2.30 bits per heavy atom. The van der Waals surface area contributed by atoms with Crippen LogP contribution in [0.4, 0.5) is 5.82 Å². The smallest absolute Gasteiger partial charge is 0.305 e. The number of anilines is 1. The molecule has 1 aromatic rings. The molecule has 1 fully saturated rings. The number of ether oxygens (including phenoxy) is 1. The second-order valence-electron chi connectivity index (χ2n) is 4.99. The van der Waals surface area contributed by atoms with Crippen LogP contribution in [0.2, 0.25) is 0 Å². The Bertz CT molecular complexity index is 479. The molecule has 2 rings (SSSR count). The third kappa shape index (κ3) is 3.59. The minimum Gasteiger partial charge on any atom is -0.481 e. The van der Waals surface area contributed by atoms with E-state index in [-0.39, 0.29) is 12.5 Å². The molecule has 6 heteroatoms. The first-order chi connectivity index (χ1) is 9.60. The Morgan fingerprint density at radius 1 is 1.50 bits per heavy atom. The molecule has 0 amide bonds. The number of carboxylic acids is 1. The number of rotatable bonds is 5. The maximum Gasteiger partial charge on any atom is 0.305 e. The zero-order valence-corrected chi connectivity index (χ0v) is 12.0. The minimum atomic E-state index is -0.766.